The number of hydrogen-bond donors (Lipinski definition) is 0. The van der Waals surface area contributed by atoms with Crippen molar-refractivity contribution in [1.82, 2.24) is 0 Å². The molecule has 0 radical (unpaired) electrons. The van der Waals surface area contributed by atoms with Crippen molar-refractivity contribution >= 4 is 40.1 Å². The van der Waals surface area contributed by atoms with Crippen LogP contribution in [0.4, 0.5) is 0 Å². The molecule has 0 amide bonds. The van der Waals surface area contributed by atoms with Gasteiger partial charge in [0.05, 0.1) is 0 Å². The van der Waals surface area contributed by atoms with E-state index < -0.39 is 0 Å². The standard InChI is InChI=1S/C16H12P.C15H11.2ClH.Ti/c1-17-12-9-11-5-4-7-13(15(11)10-12)14-6-2-3-8-16(14)17;1-2-6-12(7-3-1)14-10-4-8-13-9-5-11-15(13)14;;;/h2-10H,1H3;1-11H;2*1H;/q2*-1;;;+4/p-2. The molecule has 0 saturated heterocycles. The van der Waals surface area contributed by atoms with Crippen LogP contribution in [0.25, 0.3) is 43.8 Å². The van der Waals surface area contributed by atoms with E-state index in [4.69, 9.17) is 0 Å². The summed E-state index contributed by atoms with van der Waals surface area (Å²) in [6.45, 7) is 2.37. The SMILES string of the molecule is CP1c2cc3c(cccc3[cH-]2)-c2ccccc21.[Cl-].[Cl-].[Ti+4].c1ccc(-c2cccc3[cH-]ccc23)cc1. The van der Waals surface area contributed by atoms with Crippen LogP contribution in [0.1, 0.15) is 0 Å². The van der Waals surface area contributed by atoms with Crippen molar-refractivity contribution in [2.75, 3.05) is 6.66 Å². The Kier molecular flexibility index (Phi) is 9.17. The van der Waals surface area contributed by atoms with Crippen molar-refractivity contribution in [3.05, 3.63) is 121 Å². The van der Waals surface area contributed by atoms with Gasteiger partial charge in [-0.1, -0.05) is 85.8 Å². The van der Waals surface area contributed by atoms with Gasteiger partial charge in [0.2, 0.25) is 0 Å². The Hall–Kier alpha value is -2.18. The first kappa shape index (κ1) is 27.4. The normalized spacial score (nSPS) is 12.9. The zero-order valence-corrected chi connectivity index (χ0v) is 23.2. The van der Waals surface area contributed by atoms with E-state index in [9.17, 15) is 0 Å². The van der Waals surface area contributed by atoms with E-state index in [0.29, 0.717) is 0 Å². The summed E-state index contributed by atoms with van der Waals surface area (Å²) in [4.78, 5) is 0. The smallest absolute Gasteiger partial charge is 1.00 e. The van der Waals surface area contributed by atoms with Crippen molar-refractivity contribution in [3.63, 3.8) is 0 Å². The predicted molar refractivity (Wildman–Crippen MR) is 142 cm³/mol. The maximum Gasteiger partial charge on any atom is 4.00 e. The molecule has 7 rings (SSSR count). The van der Waals surface area contributed by atoms with Gasteiger partial charge in [0.1, 0.15) is 0 Å². The second-order valence-corrected chi connectivity index (χ2v) is 10.4. The molecule has 0 N–H and O–H groups in total. The van der Waals surface area contributed by atoms with Gasteiger partial charge in [-0.2, -0.15) is 18.2 Å². The minimum Gasteiger partial charge on any atom is -1.00 e. The summed E-state index contributed by atoms with van der Waals surface area (Å²) >= 11 is 0. The van der Waals surface area contributed by atoms with Crippen LogP contribution in [-0.4, -0.2) is 6.66 Å². The molecule has 0 aliphatic carbocycles. The molecule has 4 heteroatoms. The largest absolute Gasteiger partial charge is 4.00 e. The molecule has 0 spiro atoms. The van der Waals surface area contributed by atoms with Crippen LogP contribution in [0, 0.1) is 0 Å². The summed E-state index contributed by atoms with van der Waals surface area (Å²) in [6, 6.07) is 43.7. The van der Waals surface area contributed by atoms with Crippen LogP contribution in [0.3, 0.4) is 0 Å². The fourth-order valence-electron chi connectivity index (χ4n) is 4.81. The van der Waals surface area contributed by atoms with E-state index in [0.717, 1.165) is 0 Å². The first-order valence-corrected chi connectivity index (χ1v) is 12.8. The van der Waals surface area contributed by atoms with Crippen LogP contribution >= 0.6 is 7.92 Å². The minimum atomic E-state index is -0.192. The van der Waals surface area contributed by atoms with Gasteiger partial charge in [-0.3, -0.25) is 0 Å². The van der Waals surface area contributed by atoms with Crippen molar-refractivity contribution in [3.8, 4) is 22.3 Å². The fourth-order valence-corrected chi connectivity index (χ4v) is 6.61. The van der Waals surface area contributed by atoms with Crippen LogP contribution < -0.4 is 35.4 Å². The first-order chi connectivity index (χ1) is 15.8. The summed E-state index contributed by atoms with van der Waals surface area (Å²) in [5.41, 5.74) is 5.43. The predicted octanol–water partition coefficient (Wildman–Crippen LogP) is 1.83. The molecule has 0 nitrogen and oxygen atoms in total. The molecule has 0 saturated carbocycles. The monoisotopic (exact) mass is 544 g/mol. The van der Waals surface area contributed by atoms with Gasteiger partial charge in [0, 0.05) is 0 Å². The maximum absolute atomic E-state index is 2.39. The number of hydrogen-bond acceptors (Lipinski definition) is 0. The molecule has 1 atom stereocenters. The molecule has 2 bridgehead atoms. The minimum absolute atomic E-state index is 0. The van der Waals surface area contributed by atoms with E-state index in [-0.39, 0.29) is 54.5 Å². The third-order valence-electron chi connectivity index (χ3n) is 6.44. The molecule has 1 aliphatic rings. The Balaban J connectivity index is 0.000000181. The van der Waals surface area contributed by atoms with Gasteiger partial charge in [-0.25, -0.2) is 0 Å². The molecule has 6 aromatic rings. The summed E-state index contributed by atoms with van der Waals surface area (Å²) in [5.74, 6) is 0. The third kappa shape index (κ3) is 5.06. The molecular weight excluding hydrogens is 522 g/mol. The Morgan fingerprint density at radius 2 is 1.26 bits per heavy atom. The van der Waals surface area contributed by atoms with Gasteiger partial charge in [-0.05, 0) is 23.1 Å². The molecule has 6 aromatic carbocycles. The van der Waals surface area contributed by atoms with Crippen molar-refractivity contribution in [2.45, 2.75) is 0 Å². The number of halogens is 2. The molecule has 35 heavy (non-hydrogen) atoms. The van der Waals surface area contributed by atoms with E-state index >= 15 is 0 Å². The van der Waals surface area contributed by atoms with E-state index in [1.807, 2.05) is 0 Å². The Morgan fingerprint density at radius 1 is 0.600 bits per heavy atom. The average molecular weight is 545 g/mol. The summed E-state index contributed by atoms with van der Waals surface area (Å²) in [6.07, 6.45) is 0. The summed E-state index contributed by atoms with van der Waals surface area (Å²) in [5, 5.41) is 8.48. The topological polar surface area (TPSA) is 0 Å². The summed E-state index contributed by atoms with van der Waals surface area (Å²) < 4.78 is 0. The molecule has 1 heterocycles. The van der Waals surface area contributed by atoms with Gasteiger partial charge in [-0.15, -0.1) is 63.2 Å². The molecule has 0 aromatic heterocycles. The maximum atomic E-state index is 2.39. The van der Waals surface area contributed by atoms with Crippen LogP contribution in [0.5, 0.6) is 0 Å². The van der Waals surface area contributed by atoms with Crippen molar-refractivity contribution in [2.24, 2.45) is 0 Å². The van der Waals surface area contributed by atoms with Crippen molar-refractivity contribution in [1.29, 1.82) is 0 Å². The zero-order chi connectivity index (χ0) is 21.5. The third-order valence-corrected chi connectivity index (χ3v) is 8.59. The average Bonchev–Trinajstić information content (AvgIpc) is 3.49. The Morgan fingerprint density at radius 3 is 2.06 bits per heavy atom. The summed E-state index contributed by atoms with van der Waals surface area (Å²) in [7, 11) is -0.192. The second-order valence-electron chi connectivity index (χ2n) is 8.30. The Bertz CT molecular complexity index is 1550. The number of fused-ring (bicyclic) bond motifs is 4. The van der Waals surface area contributed by atoms with Crippen LogP contribution in [-0.2, 0) is 21.7 Å². The van der Waals surface area contributed by atoms with E-state index in [1.165, 1.54) is 54.4 Å². The van der Waals surface area contributed by atoms with Crippen LogP contribution in [0.2, 0.25) is 0 Å². The molecule has 0 fully saturated rings. The van der Waals surface area contributed by atoms with Gasteiger partial charge >= 0.3 is 21.7 Å². The number of benzene rings is 4. The Labute approximate surface area is 235 Å². The second kappa shape index (κ2) is 11.7. The van der Waals surface area contributed by atoms with Crippen molar-refractivity contribution < 1.29 is 46.5 Å². The van der Waals surface area contributed by atoms with Gasteiger partial charge in [0.25, 0.3) is 0 Å². The van der Waals surface area contributed by atoms with Gasteiger partial charge < -0.3 is 24.8 Å². The quantitative estimate of drug-likeness (QED) is 0.168. The van der Waals surface area contributed by atoms with Crippen LogP contribution in [0.15, 0.2) is 121 Å². The van der Waals surface area contributed by atoms with Gasteiger partial charge in [0.15, 0.2) is 0 Å². The first-order valence-electron chi connectivity index (χ1n) is 11.0. The fraction of sp³-hybridized carbons (Fsp3) is 0.0323. The zero-order valence-electron chi connectivity index (χ0n) is 19.3. The molecule has 1 unspecified atom stereocenters. The molecular formula is C31H23Cl2PTi. The number of rotatable bonds is 1. The van der Waals surface area contributed by atoms with E-state index in [2.05, 4.69) is 128 Å². The van der Waals surface area contributed by atoms with E-state index in [1.54, 1.807) is 0 Å². The molecule has 170 valence electrons. The molecule has 1 aliphatic heterocycles.